The van der Waals surface area contributed by atoms with Crippen molar-refractivity contribution in [1.82, 2.24) is 19.9 Å². The molecular formula is C34H26N4. The van der Waals surface area contributed by atoms with Gasteiger partial charge in [0.2, 0.25) is 0 Å². The van der Waals surface area contributed by atoms with Gasteiger partial charge in [-0.15, -0.1) is 0 Å². The Morgan fingerprint density at radius 2 is 0.947 bits per heavy atom. The molecule has 4 nitrogen and oxygen atoms in total. The first-order valence-corrected chi connectivity index (χ1v) is 12.9. The van der Waals surface area contributed by atoms with Crippen molar-refractivity contribution in [3.05, 3.63) is 142 Å². The number of aromatic amines is 2. The first-order chi connectivity index (χ1) is 18.8. The Kier molecular flexibility index (Phi) is 5.56. The van der Waals surface area contributed by atoms with Crippen LogP contribution in [0.5, 0.6) is 0 Å². The third-order valence-corrected chi connectivity index (χ3v) is 7.06. The maximum Gasteiger partial charge on any atom is 0.0694 e. The van der Waals surface area contributed by atoms with E-state index in [9.17, 15) is 0 Å². The van der Waals surface area contributed by atoms with Crippen LogP contribution in [0.4, 0.5) is 0 Å². The van der Waals surface area contributed by atoms with E-state index in [0.717, 1.165) is 63.2 Å². The van der Waals surface area contributed by atoms with Crippen molar-refractivity contribution in [1.29, 1.82) is 0 Å². The van der Waals surface area contributed by atoms with Crippen LogP contribution in [0, 0.1) is 0 Å². The summed E-state index contributed by atoms with van der Waals surface area (Å²) in [6, 6.07) is 33.9. The number of nitrogens with one attached hydrogen (secondary N) is 2. The molecule has 3 aromatic heterocycles. The zero-order chi connectivity index (χ0) is 25.3. The van der Waals surface area contributed by atoms with Crippen molar-refractivity contribution < 1.29 is 0 Å². The van der Waals surface area contributed by atoms with E-state index in [4.69, 9.17) is 9.97 Å². The molecule has 0 saturated carbocycles. The first-order valence-electron chi connectivity index (χ1n) is 12.9. The van der Waals surface area contributed by atoms with Gasteiger partial charge in [-0.25, -0.2) is 9.97 Å². The number of nitrogens with zero attached hydrogens (tertiary/aromatic N) is 2. The Hall–Kier alpha value is -4.96. The van der Waals surface area contributed by atoms with Gasteiger partial charge in [-0.1, -0.05) is 60.7 Å². The summed E-state index contributed by atoms with van der Waals surface area (Å²) < 4.78 is 0. The topological polar surface area (TPSA) is 57.4 Å². The summed E-state index contributed by atoms with van der Waals surface area (Å²) in [5, 5.41) is 0. The highest BCUT2D eigenvalue weighted by atomic mass is 14.8. The number of H-pyrrole nitrogens is 2. The Bertz CT molecular complexity index is 1760. The monoisotopic (exact) mass is 490 g/mol. The molecule has 5 aromatic rings. The van der Waals surface area contributed by atoms with E-state index in [1.807, 2.05) is 6.07 Å². The van der Waals surface area contributed by atoms with Crippen LogP contribution in [0.2, 0.25) is 0 Å². The van der Waals surface area contributed by atoms with Crippen LogP contribution in [0.3, 0.4) is 0 Å². The van der Waals surface area contributed by atoms with Crippen molar-refractivity contribution in [2.24, 2.45) is 0 Å². The smallest absolute Gasteiger partial charge is 0.0694 e. The van der Waals surface area contributed by atoms with Crippen LogP contribution in [-0.2, 0) is 12.8 Å². The summed E-state index contributed by atoms with van der Waals surface area (Å²) in [6.07, 6.45) is 9.96. The summed E-state index contributed by atoms with van der Waals surface area (Å²) in [5.41, 5.74) is 12.9. The fourth-order valence-electron chi connectivity index (χ4n) is 5.16. The molecule has 0 saturated heterocycles. The normalized spacial score (nSPS) is 12.2. The third kappa shape index (κ3) is 4.48. The minimum absolute atomic E-state index is 0.769. The molecule has 2 aromatic carbocycles. The van der Waals surface area contributed by atoms with E-state index >= 15 is 0 Å². The predicted molar refractivity (Wildman–Crippen MR) is 157 cm³/mol. The van der Waals surface area contributed by atoms with E-state index in [1.54, 1.807) is 0 Å². The standard InChI is InChI=1S/C34H26N4/c1-3-7-23(8-4-1)19-29-31-15-11-25(35-31)21-27-13-17-33(37-27)30(20-24-9-5-2-6-10-24)34-18-14-28(38-34)22-26-12-16-32(29)36-26/h1-18,21-22,35-36H,19-20H2. The zero-order valence-corrected chi connectivity index (χ0v) is 20.9. The molecule has 0 fully saturated rings. The van der Waals surface area contributed by atoms with Crippen molar-refractivity contribution in [2.45, 2.75) is 12.8 Å². The SMILES string of the molecule is C1=Cc2nc1cc1ccc([nH]1)c(Cc1ccccc1)c1ccc(cc3nc(c2Cc2ccccc2)C=C3)[nH]1. The Balaban J connectivity index is 1.47. The molecule has 182 valence electrons. The summed E-state index contributed by atoms with van der Waals surface area (Å²) >= 11 is 0. The van der Waals surface area contributed by atoms with Gasteiger partial charge >= 0.3 is 0 Å². The number of benzene rings is 2. The van der Waals surface area contributed by atoms with Gasteiger partial charge in [-0.3, -0.25) is 0 Å². The summed E-state index contributed by atoms with van der Waals surface area (Å²) in [5.74, 6) is 0. The largest absolute Gasteiger partial charge is 0.355 e. The molecule has 2 N–H and O–H groups in total. The van der Waals surface area contributed by atoms with Gasteiger partial charge in [0.15, 0.2) is 0 Å². The first kappa shape index (κ1) is 22.3. The van der Waals surface area contributed by atoms with Crippen LogP contribution in [-0.4, -0.2) is 19.9 Å². The lowest BCUT2D eigenvalue weighted by Crippen LogP contribution is -1.96. The van der Waals surface area contributed by atoms with Gasteiger partial charge in [0.1, 0.15) is 0 Å². The average molecular weight is 491 g/mol. The Morgan fingerprint density at radius 3 is 1.45 bits per heavy atom. The zero-order valence-electron chi connectivity index (χ0n) is 20.9. The maximum absolute atomic E-state index is 5.01. The van der Waals surface area contributed by atoms with Crippen LogP contribution in [0.15, 0.2) is 97.1 Å². The molecular weight excluding hydrogens is 464 g/mol. The number of rotatable bonds is 4. The van der Waals surface area contributed by atoms with Gasteiger partial charge in [-0.05, 0) is 71.8 Å². The molecule has 0 radical (unpaired) electrons. The second kappa shape index (κ2) is 9.49. The van der Waals surface area contributed by atoms with E-state index in [-0.39, 0.29) is 0 Å². The maximum atomic E-state index is 5.01. The Labute approximate surface area is 221 Å². The highest BCUT2D eigenvalue weighted by Crippen LogP contribution is 2.26. The summed E-state index contributed by atoms with van der Waals surface area (Å²) in [4.78, 5) is 17.3. The Morgan fingerprint density at radius 1 is 0.474 bits per heavy atom. The highest BCUT2D eigenvalue weighted by Gasteiger charge is 2.13. The molecule has 5 heterocycles. The van der Waals surface area contributed by atoms with Crippen LogP contribution in [0.1, 0.15) is 45.0 Å². The number of aromatic nitrogens is 4. The molecule has 2 aliphatic rings. The predicted octanol–water partition coefficient (Wildman–Crippen LogP) is 7.84. The van der Waals surface area contributed by atoms with Crippen molar-refractivity contribution in [3.8, 4) is 0 Å². The van der Waals surface area contributed by atoms with Crippen molar-refractivity contribution in [3.63, 3.8) is 0 Å². The average Bonchev–Trinajstić information content (AvgIpc) is 3.76. The molecule has 0 aliphatic carbocycles. The minimum Gasteiger partial charge on any atom is -0.355 e. The molecule has 38 heavy (non-hydrogen) atoms. The van der Waals surface area contributed by atoms with Crippen LogP contribution >= 0.6 is 0 Å². The van der Waals surface area contributed by atoms with Crippen molar-refractivity contribution in [2.75, 3.05) is 0 Å². The van der Waals surface area contributed by atoms with E-state index in [2.05, 4.69) is 125 Å². The number of hydrogen-bond acceptors (Lipinski definition) is 2. The fraction of sp³-hybridized carbons (Fsp3) is 0.0588. The van der Waals surface area contributed by atoms with Gasteiger partial charge in [0.05, 0.1) is 22.8 Å². The highest BCUT2D eigenvalue weighted by molar-refractivity contribution is 5.81. The number of fused-ring (bicyclic) bond motifs is 8. The van der Waals surface area contributed by atoms with Gasteiger partial charge in [0, 0.05) is 46.0 Å². The minimum atomic E-state index is 0.769. The van der Waals surface area contributed by atoms with Crippen LogP contribution in [0.25, 0.3) is 46.4 Å². The summed E-state index contributed by atoms with van der Waals surface area (Å²) in [6.45, 7) is 0. The molecule has 0 amide bonds. The second-order valence-corrected chi connectivity index (χ2v) is 9.74. The molecule has 0 spiro atoms. The molecule has 0 atom stereocenters. The molecule has 8 bridgehead atoms. The van der Waals surface area contributed by atoms with Gasteiger partial charge in [0.25, 0.3) is 0 Å². The number of hydrogen-bond donors (Lipinski definition) is 2. The van der Waals surface area contributed by atoms with Gasteiger partial charge in [-0.2, -0.15) is 0 Å². The lowest BCUT2D eigenvalue weighted by atomic mass is 10.0. The van der Waals surface area contributed by atoms with Crippen molar-refractivity contribution >= 4 is 46.4 Å². The molecule has 7 rings (SSSR count). The molecule has 4 heteroatoms. The third-order valence-electron chi connectivity index (χ3n) is 7.06. The lowest BCUT2D eigenvalue weighted by Gasteiger charge is -2.04. The quantitative estimate of drug-likeness (QED) is 0.264. The van der Waals surface area contributed by atoms with E-state index < -0.39 is 0 Å². The van der Waals surface area contributed by atoms with Crippen LogP contribution < -0.4 is 0 Å². The molecule has 2 aliphatic heterocycles. The fourth-order valence-corrected chi connectivity index (χ4v) is 5.16. The van der Waals surface area contributed by atoms with E-state index in [1.165, 1.54) is 16.7 Å². The summed E-state index contributed by atoms with van der Waals surface area (Å²) in [7, 11) is 0. The van der Waals surface area contributed by atoms with E-state index in [0.29, 0.717) is 0 Å². The van der Waals surface area contributed by atoms with Gasteiger partial charge < -0.3 is 9.97 Å². The second-order valence-electron chi connectivity index (χ2n) is 9.74. The lowest BCUT2D eigenvalue weighted by molar-refractivity contribution is 1.11. The molecule has 0 unspecified atom stereocenters.